The Morgan fingerprint density at radius 3 is 2.05 bits per heavy atom. The molecule has 0 aromatic carbocycles. The van der Waals surface area contributed by atoms with Crippen molar-refractivity contribution in [2.24, 2.45) is 0 Å². The molecular weight excluding hydrogens is 494 g/mol. The number of carboxylic acid groups (broad SMARTS) is 4. The summed E-state index contributed by atoms with van der Waals surface area (Å²) in [5, 5.41) is 42.7. The Hall–Kier alpha value is -4.86. The summed E-state index contributed by atoms with van der Waals surface area (Å²) in [6.45, 7) is 3.14. The summed E-state index contributed by atoms with van der Waals surface area (Å²) in [6, 6.07) is 6.46. The number of carbonyl (C=O) groups is 4. The van der Waals surface area contributed by atoms with Crippen LogP contribution in [-0.4, -0.2) is 74.1 Å². The molecular formula is C21H21N7O9-4. The number of ether oxygens (including phenoxy) is 1. The fraction of sp³-hybridized carbons (Fsp3) is 0.333. The van der Waals surface area contributed by atoms with Crippen LogP contribution in [0.15, 0.2) is 36.8 Å². The lowest BCUT2D eigenvalue weighted by molar-refractivity contribution is -0.345. The van der Waals surface area contributed by atoms with Crippen LogP contribution in [0.25, 0.3) is 11.2 Å². The molecule has 0 radical (unpaired) electrons. The number of nitrogens with zero attached hydrogens (tertiary/aromatic N) is 5. The Bertz CT molecular complexity index is 1150. The first-order chi connectivity index (χ1) is 17.7. The van der Waals surface area contributed by atoms with E-state index in [0.717, 1.165) is 43.0 Å². The fourth-order valence-corrected chi connectivity index (χ4v) is 3.02. The van der Waals surface area contributed by atoms with Crippen LogP contribution in [-0.2, 0) is 25.7 Å². The maximum Gasteiger partial charge on any atom is 0.316 e. The van der Waals surface area contributed by atoms with Crippen LogP contribution in [0.1, 0.15) is 12.8 Å². The molecule has 4 heterocycles. The second-order valence-electron chi connectivity index (χ2n) is 7.13. The van der Waals surface area contributed by atoms with Gasteiger partial charge in [-0.3, -0.25) is 4.57 Å². The molecule has 1 aliphatic rings. The number of fused-ring (bicyclic) bond motifs is 1. The van der Waals surface area contributed by atoms with Gasteiger partial charge in [0.15, 0.2) is 5.65 Å². The van der Waals surface area contributed by atoms with Crippen molar-refractivity contribution >= 4 is 41.0 Å². The van der Waals surface area contributed by atoms with E-state index in [1.807, 2.05) is 12.1 Å². The molecule has 0 unspecified atom stereocenters. The number of carboxylic acids is 4. The highest BCUT2D eigenvalue weighted by molar-refractivity contribution is 6.25. The van der Waals surface area contributed by atoms with Crippen molar-refractivity contribution in [1.29, 1.82) is 0 Å². The standard InChI is InChI=1S/C17H21N7O.2C2H2O4/c1-3-14-15(19-6-1)24(11-12-25-17-20-7-2-8-21-17)16(23-14)22-13-4-9-18-10-5-13;2*3-1(4)2(5)6/h1-3,6-8,13,18H,4-5,9-12H2,(H,22,23);2*(H,3,4)(H,5,6)/p-4. The monoisotopic (exact) mass is 515 g/mol. The summed E-state index contributed by atoms with van der Waals surface area (Å²) in [4.78, 5) is 53.1. The summed E-state index contributed by atoms with van der Waals surface area (Å²) >= 11 is 0. The number of aromatic nitrogens is 5. The van der Waals surface area contributed by atoms with E-state index < -0.39 is 23.9 Å². The van der Waals surface area contributed by atoms with E-state index in [0.29, 0.717) is 25.2 Å². The summed E-state index contributed by atoms with van der Waals surface area (Å²) in [5.74, 6) is -7.90. The minimum absolute atomic E-state index is 0.382. The van der Waals surface area contributed by atoms with Gasteiger partial charge in [-0.1, -0.05) is 0 Å². The maximum absolute atomic E-state index is 8.93. The maximum atomic E-state index is 8.93. The van der Waals surface area contributed by atoms with Crippen LogP contribution in [0, 0.1) is 0 Å². The van der Waals surface area contributed by atoms with Gasteiger partial charge in [-0.15, -0.1) is 0 Å². The predicted octanol–water partition coefficient (Wildman–Crippen LogP) is -5.56. The number of hydrogen-bond acceptors (Lipinski definition) is 15. The molecule has 1 fully saturated rings. The molecule has 0 amide bonds. The van der Waals surface area contributed by atoms with Crippen molar-refractivity contribution in [2.75, 3.05) is 25.0 Å². The zero-order valence-corrected chi connectivity index (χ0v) is 19.2. The third kappa shape index (κ3) is 9.73. The molecule has 0 bridgehead atoms. The minimum Gasteiger partial charge on any atom is -0.543 e. The number of rotatable bonds is 6. The van der Waals surface area contributed by atoms with E-state index in [-0.39, 0.29) is 0 Å². The number of carbonyl (C=O) groups excluding carboxylic acids is 4. The predicted molar refractivity (Wildman–Crippen MR) is 115 cm³/mol. The SMILES string of the molecule is O=C([O-])C(=O)[O-].O=C([O-])C(=O)[O-].c1cnc(OCCn2c(NC3CCNCC3)nc3cccnc32)nc1. The zero-order valence-electron chi connectivity index (χ0n) is 19.2. The fourth-order valence-electron chi connectivity index (χ4n) is 3.02. The van der Waals surface area contributed by atoms with Crippen molar-refractivity contribution in [1.82, 2.24) is 29.8 Å². The van der Waals surface area contributed by atoms with Crippen LogP contribution in [0.5, 0.6) is 6.01 Å². The number of hydrogen-bond donors (Lipinski definition) is 2. The number of nitrogens with one attached hydrogen (secondary N) is 2. The van der Waals surface area contributed by atoms with Gasteiger partial charge in [-0.25, -0.2) is 19.9 Å². The highest BCUT2D eigenvalue weighted by atomic mass is 16.5. The van der Waals surface area contributed by atoms with Crippen LogP contribution in [0.3, 0.4) is 0 Å². The quantitative estimate of drug-likeness (QED) is 0.290. The highest BCUT2D eigenvalue weighted by Crippen LogP contribution is 2.20. The molecule has 1 aliphatic heterocycles. The van der Waals surface area contributed by atoms with Crippen LogP contribution >= 0.6 is 0 Å². The molecule has 0 atom stereocenters. The molecule has 0 spiro atoms. The van der Waals surface area contributed by atoms with Crippen molar-refractivity contribution in [3.63, 3.8) is 0 Å². The number of imidazole rings is 1. The number of anilines is 1. The minimum atomic E-state index is -2.19. The number of piperidine rings is 1. The van der Waals surface area contributed by atoms with E-state index in [2.05, 4.69) is 30.2 Å². The lowest BCUT2D eigenvalue weighted by Crippen LogP contribution is -2.42. The van der Waals surface area contributed by atoms with Crippen LogP contribution in [0.4, 0.5) is 5.95 Å². The normalized spacial score (nSPS) is 12.8. The van der Waals surface area contributed by atoms with Crippen LogP contribution in [0.2, 0.25) is 0 Å². The summed E-state index contributed by atoms with van der Waals surface area (Å²) in [5.41, 5.74) is 1.74. The molecule has 16 nitrogen and oxygen atoms in total. The lowest BCUT2D eigenvalue weighted by atomic mass is 10.1. The van der Waals surface area contributed by atoms with Crippen molar-refractivity contribution < 1.29 is 44.3 Å². The number of aliphatic carboxylic acids is 4. The topological polar surface area (TPSA) is 250 Å². The summed E-state index contributed by atoms with van der Waals surface area (Å²) in [6.07, 6.45) is 7.30. The van der Waals surface area contributed by atoms with Gasteiger partial charge >= 0.3 is 6.01 Å². The summed E-state index contributed by atoms with van der Waals surface area (Å²) < 4.78 is 7.71. The Kier molecular flexibility index (Phi) is 11.1. The summed E-state index contributed by atoms with van der Waals surface area (Å²) in [7, 11) is 0. The average Bonchev–Trinajstić information content (AvgIpc) is 3.23. The Balaban J connectivity index is 0.000000336. The Labute approximate surface area is 209 Å². The van der Waals surface area contributed by atoms with Gasteiger partial charge in [0.25, 0.3) is 0 Å². The Morgan fingerprint density at radius 1 is 0.919 bits per heavy atom. The van der Waals surface area contributed by atoms with Gasteiger partial charge in [0.05, 0.1) is 30.4 Å². The van der Waals surface area contributed by atoms with E-state index >= 15 is 0 Å². The Morgan fingerprint density at radius 2 is 1.49 bits per heavy atom. The lowest BCUT2D eigenvalue weighted by Gasteiger charge is -2.24. The second-order valence-corrected chi connectivity index (χ2v) is 7.13. The third-order valence-corrected chi connectivity index (χ3v) is 4.60. The highest BCUT2D eigenvalue weighted by Gasteiger charge is 2.18. The molecule has 3 aromatic rings. The van der Waals surface area contributed by atoms with E-state index in [9.17, 15) is 0 Å². The third-order valence-electron chi connectivity index (χ3n) is 4.60. The van der Waals surface area contributed by atoms with Gasteiger partial charge in [-0.2, -0.15) is 0 Å². The first-order valence-electron chi connectivity index (χ1n) is 10.7. The van der Waals surface area contributed by atoms with E-state index in [4.69, 9.17) is 49.3 Å². The zero-order chi connectivity index (χ0) is 27.2. The molecule has 16 heteroatoms. The van der Waals surface area contributed by atoms with Gasteiger partial charge < -0.3 is 55.0 Å². The molecule has 0 saturated carbocycles. The van der Waals surface area contributed by atoms with E-state index in [1.165, 1.54) is 0 Å². The molecule has 4 rings (SSSR count). The van der Waals surface area contributed by atoms with Crippen molar-refractivity contribution in [3.05, 3.63) is 36.8 Å². The average molecular weight is 515 g/mol. The molecule has 0 aliphatic carbocycles. The number of pyridine rings is 1. The van der Waals surface area contributed by atoms with Crippen LogP contribution < -0.4 is 35.8 Å². The molecule has 37 heavy (non-hydrogen) atoms. The van der Waals surface area contributed by atoms with Gasteiger partial charge in [0, 0.05) is 24.6 Å². The largest absolute Gasteiger partial charge is 0.543 e. The molecule has 2 N–H and O–H groups in total. The van der Waals surface area contributed by atoms with Gasteiger partial charge in [0.2, 0.25) is 5.95 Å². The molecule has 1 saturated heterocycles. The molecule has 198 valence electrons. The van der Waals surface area contributed by atoms with Gasteiger partial charge in [0.1, 0.15) is 12.1 Å². The first kappa shape index (κ1) is 28.4. The first-order valence-corrected chi connectivity index (χ1v) is 10.7. The van der Waals surface area contributed by atoms with E-state index in [1.54, 1.807) is 24.7 Å². The van der Waals surface area contributed by atoms with Crippen molar-refractivity contribution in [2.45, 2.75) is 25.4 Å². The van der Waals surface area contributed by atoms with Crippen molar-refractivity contribution in [3.8, 4) is 6.01 Å². The smallest absolute Gasteiger partial charge is 0.316 e. The van der Waals surface area contributed by atoms with Gasteiger partial charge in [-0.05, 0) is 44.1 Å². The second kappa shape index (κ2) is 14.5. The molecule has 3 aromatic heterocycles.